The van der Waals surface area contributed by atoms with Gasteiger partial charge in [0.25, 0.3) is 5.91 Å². The fourth-order valence-electron chi connectivity index (χ4n) is 1.40. The molecule has 0 unspecified atom stereocenters. The molecule has 0 aliphatic heterocycles. The van der Waals surface area contributed by atoms with Gasteiger partial charge in [0.05, 0.1) is 0 Å². The molecule has 1 aromatic heterocycles. The molecule has 0 bridgehead atoms. The minimum atomic E-state index is -0.799. The molecule has 2 aromatic rings. The number of H-pyrrole nitrogens is 1. The topological polar surface area (TPSA) is 62.0 Å². The summed E-state index contributed by atoms with van der Waals surface area (Å²) in [5, 5.41) is 2.28. The van der Waals surface area contributed by atoms with Gasteiger partial charge < -0.3 is 10.3 Å². The van der Waals surface area contributed by atoms with Crippen molar-refractivity contribution >= 4 is 11.6 Å². The third kappa shape index (κ3) is 2.79. The Labute approximate surface area is 100 Å². The van der Waals surface area contributed by atoms with E-state index in [9.17, 15) is 18.4 Å². The number of aromatic nitrogens is 1. The molecule has 0 atom stereocenters. The summed E-state index contributed by atoms with van der Waals surface area (Å²) in [7, 11) is 0. The fraction of sp³-hybridized carbons (Fsp3) is 0. The predicted octanol–water partition coefficient (Wildman–Crippen LogP) is 1.91. The molecule has 1 amide bonds. The van der Waals surface area contributed by atoms with Gasteiger partial charge in [0.2, 0.25) is 5.56 Å². The number of aromatic amines is 1. The Hall–Kier alpha value is -2.50. The summed E-state index contributed by atoms with van der Waals surface area (Å²) in [4.78, 5) is 25.0. The monoisotopic (exact) mass is 250 g/mol. The lowest BCUT2D eigenvalue weighted by atomic mass is 10.2. The van der Waals surface area contributed by atoms with Crippen LogP contribution in [0.2, 0.25) is 0 Å². The van der Waals surface area contributed by atoms with Crippen LogP contribution in [0.5, 0.6) is 0 Å². The van der Waals surface area contributed by atoms with Crippen molar-refractivity contribution in [2.45, 2.75) is 0 Å². The summed E-state index contributed by atoms with van der Waals surface area (Å²) in [6.45, 7) is 0. The number of halogens is 2. The van der Waals surface area contributed by atoms with Crippen molar-refractivity contribution in [3.63, 3.8) is 0 Å². The van der Waals surface area contributed by atoms with Gasteiger partial charge in [-0.05, 0) is 18.2 Å². The van der Waals surface area contributed by atoms with E-state index in [1.54, 1.807) is 0 Å². The Kier molecular flexibility index (Phi) is 3.18. The fourth-order valence-corrected chi connectivity index (χ4v) is 1.40. The van der Waals surface area contributed by atoms with Gasteiger partial charge in [0, 0.05) is 17.8 Å². The van der Waals surface area contributed by atoms with Crippen LogP contribution in [0.1, 0.15) is 10.5 Å². The first kappa shape index (κ1) is 12.0. The van der Waals surface area contributed by atoms with Gasteiger partial charge in [-0.2, -0.15) is 0 Å². The molecular weight excluding hydrogens is 242 g/mol. The first-order valence-electron chi connectivity index (χ1n) is 5.01. The summed E-state index contributed by atoms with van der Waals surface area (Å²) in [5.41, 5.74) is -0.456. The largest absolute Gasteiger partial charge is 0.321 e. The van der Waals surface area contributed by atoms with Crippen molar-refractivity contribution in [1.82, 2.24) is 4.98 Å². The lowest BCUT2D eigenvalue weighted by Crippen LogP contribution is -2.18. The molecule has 4 nitrogen and oxygen atoms in total. The molecule has 2 rings (SSSR count). The van der Waals surface area contributed by atoms with Crippen LogP contribution in [-0.4, -0.2) is 10.9 Å². The van der Waals surface area contributed by atoms with E-state index in [0.29, 0.717) is 6.07 Å². The molecule has 0 aliphatic rings. The average Bonchev–Trinajstić information content (AvgIpc) is 2.27. The number of hydrogen-bond acceptors (Lipinski definition) is 2. The highest BCUT2D eigenvalue weighted by molar-refractivity contribution is 6.02. The van der Waals surface area contributed by atoms with Crippen LogP contribution in [0.4, 0.5) is 14.5 Å². The van der Waals surface area contributed by atoms with Gasteiger partial charge >= 0.3 is 0 Å². The summed E-state index contributed by atoms with van der Waals surface area (Å²) in [6, 6.07) is 6.68. The summed E-state index contributed by atoms with van der Waals surface area (Å²) < 4.78 is 25.8. The lowest BCUT2D eigenvalue weighted by Gasteiger charge is -2.05. The second-order valence-corrected chi connectivity index (χ2v) is 3.54. The summed E-state index contributed by atoms with van der Waals surface area (Å²) in [5.74, 6) is -2.25. The zero-order valence-electron chi connectivity index (χ0n) is 9.04. The van der Waals surface area contributed by atoms with Gasteiger partial charge in [-0.15, -0.1) is 0 Å². The molecule has 1 heterocycles. The zero-order chi connectivity index (χ0) is 13.1. The average molecular weight is 250 g/mol. The molecule has 92 valence electrons. The lowest BCUT2D eigenvalue weighted by molar-refractivity contribution is 0.102. The minimum absolute atomic E-state index is 0.00664. The number of rotatable bonds is 2. The molecule has 6 heteroatoms. The van der Waals surface area contributed by atoms with Crippen molar-refractivity contribution in [2.24, 2.45) is 0 Å². The van der Waals surface area contributed by atoms with Gasteiger partial charge in [-0.25, -0.2) is 8.78 Å². The third-order valence-electron chi connectivity index (χ3n) is 2.13. The highest BCUT2D eigenvalue weighted by atomic mass is 19.1. The number of benzene rings is 1. The first-order chi connectivity index (χ1) is 8.54. The Bertz CT molecular complexity index is 632. The van der Waals surface area contributed by atoms with Crippen LogP contribution in [0.3, 0.4) is 0 Å². The predicted molar refractivity (Wildman–Crippen MR) is 61.4 cm³/mol. The number of anilines is 1. The van der Waals surface area contributed by atoms with Crippen LogP contribution in [0.15, 0.2) is 41.2 Å². The number of pyridine rings is 1. The molecule has 18 heavy (non-hydrogen) atoms. The number of carbonyl (C=O) groups is 1. The van der Waals surface area contributed by atoms with E-state index < -0.39 is 23.1 Å². The van der Waals surface area contributed by atoms with E-state index >= 15 is 0 Å². The van der Waals surface area contributed by atoms with E-state index in [4.69, 9.17) is 0 Å². The normalized spacial score (nSPS) is 10.1. The number of nitrogens with one attached hydrogen (secondary N) is 2. The van der Waals surface area contributed by atoms with Crippen molar-refractivity contribution < 1.29 is 13.6 Å². The first-order valence-corrected chi connectivity index (χ1v) is 5.01. The maximum atomic E-state index is 12.9. The van der Waals surface area contributed by atoms with E-state index in [1.807, 2.05) is 0 Å². The quantitative estimate of drug-likeness (QED) is 0.855. The van der Waals surface area contributed by atoms with E-state index in [-0.39, 0.29) is 11.4 Å². The van der Waals surface area contributed by atoms with E-state index in [0.717, 1.165) is 12.1 Å². The van der Waals surface area contributed by atoms with Crippen molar-refractivity contribution in [3.8, 4) is 0 Å². The molecular formula is C12H8F2N2O2. The Morgan fingerprint density at radius 1 is 1.11 bits per heavy atom. The van der Waals surface area contributed by atoms with Crippen LogP contribution >= 0.6 is 0 Å². The third-order valence-corrected chi connectivity index (χ3v) is 2.13. The highest BCUT2D eigenvalue weighted by Crippen LogP contribution is 2.13. The van der Waals surface area contributed by atoms with Crippen molar-refractivity contribution in [2.75, 3.05) is 5.32 Å². The summed E-state index contributed by atoms with van der Waals surface area (Å²) in [6.07, 6.45) is 0. The molecule has 1 aromatic carbocycles. The zero-order valence-corrected chi connectivity index (χ0v) is 9.04. The molecule has 0 saturated carbocycles. The Morgan fingerprint density at radius 2 is 1.78 bits per heavy atom. The van der Waals surface area contributed by atoms with Gasteiger partial charge in [0.1, 0.15) is 17.3 Å². The Morgan fingerprint density at radius 3 is 2.39 bits per heavy atom. The van der Waals surface area contributed by atoms with Gasteiger partial charge in [0.15, 0.2) is 0 Å². The molecule has 0 fully saturated rings. The number of hydrogen-bond donors (Lipinski definition) is 2. The van der Waals surface area contributed by atoms with Gasteiger partial charge in [-0.1, -0.05) is 6.07 Å². The van der Waals surface area contributed by atoms with Gasteiger partial charge in [-0.3, -0.25) is 9.59 Å². The maximum Gasteiger partial charge on any atom is 0.272 e. The second kappa shape index (κ2) is 4.79. The Balaban J connectivity index is 2.24. The smallest absolute Gasteiger partial charge is 0.272 e. The van der Waals surface area contributed by atoms with E-state index in [1.165, 1.54) is 18.2 Å². The van der Waals surface area contributed by atoms with Crippen LogP contribution in [0, 0.1) is 11.6 Å². The summed E-state index contributed by atoms with van der Waals surface area (Å²) >= 11 is 0. The highest BCUT2D eigenvalue weighted by Gasteiger charge is 2.08. The van der Waals surface area contributed by atoms with Crippen molar-refractivity contribution in [1.29, 1.82) is 0 Å². The number of carbonyl (C=O) groups excluding carboxylic acids is 1. The van der Waals surface area contributed by atoms with Crippen LogP contribution < -0.4 is 10.9 Å². The second-order valence-electron chi connectivity index (χ2n) is 3.54. The molecule has 0 saturated heterocycles. The molecule has 0 aliphatic carbocycles. The van der Waals surface area contributed by atoms with Crippen LogP contribution in [-0.2, 0) is 0 Å². The van der Waals surface area contributed by atoms with Crippen LogP contribution in [0.25, 0.3) is 0 Å². The molecule has 0 radical (unpaired) electrons. The number of amides is 1. The minimum Gasteiger partial charge on any atom is -0.321 e. The maximum absolute atomic E-state index is 12.9. The van der Waals surface area contributed by atoms with E-state index in [2.05, 4.69) is 10.3 Å². The van der Waals surface area contributed by atoms with Crippen molar-refractivity contribution in [3.05, 3.63) is 64.1 Å². The molecule has 2 N–H and O–H groups in total. The standard InChI is InChI=1S/C12H8F2N2O2/c13-7-4-8(14)6-9(5-7)15-12(18)10-2-1-3-11(17)16-10/h1-6H,(H,15,18)(H,16,17). The molecule has 0 spiro atoms. The SMILES string of the molecule is O=C(Nc1cc(F)cc(F)c1)c1cccc(=O)[nH]1.